The average molecular weight is 293 g/mol. The van der Waals surface area contributed by atoms with Crippen molar-refractivity contribution in [1.29, 1.82) is 0 Å². The summed E-state index contributed by atoms with van der Waals surface area (Å²) >= 11 is 0. The molecule has 110 valence electrons. The minimum absolute atomic E-state index is 0.0318. The van der Waals surface area contributed by atoms with Gasteiger partial charge in [0, 0.05) is 11.3 Å². The zero-order valence-corrected chi connectivity index (χ0v) is 11.2. The average Bonchev–Trinajstić information content (AvgIpc) is 2.49. The predicted molar refractivity (Wildman–Crippen MR) is 74.0 cm³/mol. The van der Waals surface area contributed by atoms with Gasteiger partial charge in [0.15, 0.2) is 0 Å². The molecule has 1 N–H and O–H groups in total. The van der Waals surface area contributed by atoms with Gasteiger partial charge < -0.3 is 14.8 Å². The summed E-state index contributed by atoms with van der Waals surface area (Å²) in [5.41, 5.74) is 0.909. The third-order valence-corrected chi connectivity index (χ3v) is 2.67. The van der Waals surface area contributed by atoms with Gasteiger partial charge in [-0.1, -0.05) is 6.07 Å². The first kappa shape index (κ1) is 14.8. The number of hydrogen-bond donors (Lipinski definition) is 1. The number of rotatable bonds is 5. The first-order valence-electron chi connectivity index (χ1n) is 6.09. The van der Waals surface area contributed by atoms with Crippen molar-refractivity contribution < 1.29 is 23.0 Å². The molecule has 21 heavy (non-hydrogen) atoms. The quantitative estimate of drug-likeness (QED) is 0.917. The number of nitrogens with one attached hydrogen (secondary N) is 1. The molecule has 4 nitrogen and oxygen atoms in total. The van der Waals surface area contributed by atoms with Crippen molar-refractivity contribution in [2.24, 2.45) is 0 Å². The van der Waals surface area contributed by atoms with E-state index in [-0.39, 0.29) is 11.7 Å². The van der Waals surface area contributed by atoms with E-state index in [9.17, 15) is 13.6 Å². The second-order valence-electron chi connectivity index (χ2n) is 4.09. The number of halogens is 2. The fourth-order valence-corrected chi connectivity index (χ4v) is 1.69. The Kier molecular flexibility index (Phi) is 4.71. The molecule has 0 heterocycles. The molecule has 0 saturated heterocycles. The van der Waals surface area contributed by atoms with Crippen LogP contribution in [0.15, 0.2) is 48.5 Å². The molecule has 2 aromatic carbocycles. The number of methoxy groups -OCH3 is 1. The van der Waals surface area contributed by atoms with E-state index < -0.39 is 6.61 Å². The van der Waals surface area contributed by atoms with Crippen LogP contribution in [0.3, 0.4) is 0 Å². The van der Waals surface area contributed by atoms with Gasteiger partial charge in [-0.2, -0.15) is 8.78 Å². The normalized spacial score (nSPS) is 10.3. The molecular weight excluding hydrogens is 280 g/mol. The van der Waals surface area contributed by atoms with E-state index in [0.29, 0.717) is 17.0 Å². The van der Waals surface area contributed by atoms with Crippen molar-refractivity contribution >= 4 is 11.6 Å². The molecule has 0 atom stereocenters. The monoisotopic (exact) mass is 293 g/mol. The molecule has 2 aromatic rings. The second-order valence-corrected chi connectivity index (χ2v) is 4.09. The predicted octanol–water partition coefficient (Wildman–Crippen LogP) is 3.55. The van der Waals surface area contributed by atoms with Crippen LogP contribution in [0.5, 0.6) is 11.5 Å². The van der Waals surface area contributed by atoms with E-state index in [4.69, 9.17) is 4.74 Å². The number of anilines is 1. The van der Waals surface area contributed by atoms with Crippen LogP contribution in [0.2, 0.25) is 0 Å². The maximum Gasteiger partial charge on any atom is 0.387 e. The molecule has 0 saturated carbocycles. The Morgan fingerprint density at radius 1 is 1.10 bits per heavy atom. The minimum atomic E-state index is -2.87. The first-order valence-corrected chi connectivity index (χ1v) is 6.09. The topological polar surface area (TPSA) is 47.6 Å². The lowest BCUT2D eigenvalue weighted by Crippen LogP contribution is -2.11. The van der Waals surface area contributed by atoms with E-state index in [0.717, 1.165) is 0 Å². The third kappa shape index (κ3) is 4.17. The lowest BCUT2D eigenvalue weighted by molar-refractivity contribution is -0.0498. The standard InChI is InChI=1S/C15H13F2NO3/c1-20-13-4-2-3-10(9-13)14(19)18-11-5-7-12(8-6-11)21-15(16)17/h2-9,15H,1H3,(H,18,19). The smallest absolute Gasteiger partial charge is 0.387 e. The molecule has 2 rings (SSSR count). The molecule has 1 amide bonds. The maximum atomic E-state index is 12.0. The summed E-state index contributed by atoms with van der Waals surface area (Å²) in [6, 6.07) is 12.3. The number of benzene rings is 2. The van der Waals surface area contributed by atoms with Crippen molar-refractivity contribution in [3.63, 3.8) is 0 Å². The Bertz CT molecular complexity index is 615. The van der Waals surface area contributed by atoms with Gasteiger partial charge in [-0.15, -0.1) is 0 Å². The Morgan fingerprint density at radius 2 is 1.81 bits per heavy atom. The van der Waals surface area contributed by atoms with E-state index in [1.807, 2.05) is 0 Å². The van der Waals surface area contributed by atoms with E-state index in [1.165, 1.54) is 31.4 Å². The fourth-order valence-electron chi connectivity index (χ4n) is 1.69. The number of hydrogen-bond acceptors (Lipinski definition) is 3. The van der Waals surface area contributed by atoms with Crippen molar-refractivity contribution in [2.75, 3.05) is 12.4 Å². The van der Waals surface area contributed by atoms with Crippen LogP contribution in [-0.4, -0.2) is 19.6 Å². The van der Waals surface area contributed by atoms with Gasteiger partial charge in [-0.05, 0) is 42.5 Å². The Balaban J connectivity index is 2.05. The van der Waals surface area contributed by atoms with E-state index >= 15 is 0 Å². The number of carbonyl (C=O) groups is 1. The Labute approximate surface area is 120 Å². The van der Waals surface area contributed by atoms with Crippen LogP contribution in [0.1, 0.15) is 10.4 Å². The minimum Gasteiger partial charge on any atom is -0.497 e. The van der Waals surface area contributed by atoms with Crippen LogP contribution >= 0.6 is 0 Å². The summed E-state index contributed by atoms with van der Waals surface area (Å²) in [5, 5.41) is 2.65. The lowest BCUT2D eigenvalue weighted by Gasteiger charge is -2.08. The van der Waals surface area contributed by atoms with Gasteiger partial charge in [0.05, 0.1) is 7.11 Å². The van der Waals surface area contributed by atoms with Gasteiger partial charge in [-0.3, -0.25) is 4.79 Å². The summed E-state index contributed by atoms with van der Waals surface area (Å²) < 4.78 is 33.3. The highest BCUT2D eigenvalue weighted by atomic mass is 19.3. The molecule has 0 fully saturated rings. The molecule has 0 unspecified atom stereocenters. The fraction of sp³-hybridized carbons (Fsp3) is 0.133. The molecule has 6 heteroatoms. The van der Waals surface area contributed by atoms with Crippen LogP contribution < -0.4 is 14.8 Å². The van der Waals surface area contributed by atoms with E-state index in [2.05, 4.69) is 10.1 Å². The summed E-state index contributed by atoms with van der Waals surface area (Å²) in [6.07, 6.45) is 0. The van der Waals surface area contributed by atoms with Crippen LogP contribution in [0, 0.1) is 0 Å². The number of amides is 1. The van der Waals surface area contributed by atoms with Gasteiger partial charge in [0.2, 0.25) is 0 Å². The third-order valence-electron chi connectivity index (χ3n) is 2.67. The van der Waals surface area contributed by atoms with Crippen LogP contribution in [0.4, 0.5) is 14.5 Å². The van der Waals surface area contributed by atoms with Gasteiger partial charge in [0.1, 0.15) is 11.5 Å². The van der Waals surface area contributed by atoms with Crippen molar-refractivity contribution in [3.8, 4) is 11.5 Å². The first-order chi connectivity index (χ1) is 10.1. The summed E-state index contributed by atoms with van der Waals surface area (Å²) in [6.45, 7) is -2.87. The Hall–Kier alpha value is -2.63. The molecular formula is C15H13F2NO3. The number of ether oxygens (including phenoxy) is 2. The van der Waals surface area contributed by atoms with Crippen LogP contribution in [0.25, 0.3) is 0 Å². The zero-order chi connectivity index (χ0) is 15.2. The molecule has 0 aliphatic heterocycles. The SMILES string of the molecule is COc1cccc(C(=O)Nc2ccc(OC(F)F)cc2)c1. The van der Waals surface area contributed by atoms with Gasteiger partial charge >= 0.3 is 6.61 Å². The van der Waals surface area contributed by atoms with Gasteiger partial charge in [0.25, 0.3) is 5.91 Å². The lowest BCUT2D eigenvalue weighted by atomic mass is 10.2. The molecule has 0 spiro atoms. The zero-order valence-electron chi connectivity index (χ0n) is 11.2. The van der Waals surface area contributed by atoms with Crippen molar-refractivity contribution in [2.45, 2.75) is 6.61 Å². The highest BCUT2D eigenvalue weighted by Gasteiger charge is 2.08. The Morgan fingerprint density at radius 3 is 2.43 bits per heavy atom. The largest absolute Gasteiger partial charge is 0.497 e. The number of alkyl halides is 2. The molecule has 0 radical (unpaired) electrons. The van der Waals surface area contributed by atoms with Crippen LogP contribution in [-0.2, 0) is 0 Å². The summed E-state index contributed by atoms with van der Waals surface area (Å²) in [7, 11) is 1.51. The summed E-state index contributed by atoms with van der Waals surface area (Å²) in [5.74, 6) is 0.282. The van der Waals surface area contributed by atoms with Gasteiger partial charge in [-0.25, -0.2) is 0 Å². The number of carbonyl (C=O) groups excluding carboxylic acids is 1. The molecule has 0 bridgehead atoms. The van der Waals surface area contributed by atoms with E-state index in [1.54, 1.807) is 24.3 Å². The van der Waals surface area contributed by atoms with Crippen molar-refractivity contribution in [1.82, 2.24) is 0 Å². The molecule has 0 aromatic heterocycles. The summed E-state index contributed by atoms with van der Waals surface area (Å²) in [4.78, 5) is 12.0. The second kappa shape index (κ2) is 6.69. The maximum absolute atomic E-state index is 12.0. The highest BCUT2D eigenvalue weighted by molar-refractivity contribution is 6.04. The van der Waals surface area contributed by atoms with Crippen molar-refractivity contribution in [3.05, 3.63) is 54.1 Å². The molecule has 0 aliphatic carbocycles. The molecule has 0 aliphatic rings. The highest BCUT2D eigenvalue weighted by Crippen LogP contribution is 2.19.